The van der Waals surface area contributed by atoms with Crippen molar-refractivity contribution in [1.29, 1.82) is 0 Å². The maximum atomic E-state index is 12.9. The molecule has 1 amide bonds. The molecule has 35 heavy (non-hydrogen) atoms. The monoisotopic (exact) mass is 487 g/mol. The normalized spacial score (nSPS) is 11.8. The van der Waals surface area contributed by atoms with Gasteiger partial charge in [-0.15, -0.1) is 0 Å². The zero-order valence-electron chi connectivity index (χ0n) is 19.5. The number of para-hydroxylation sites is 1. The first-order chi connectivity index (χ1) is 16.9. The van der Waals surface area contributed by atoms with Gasteiger partial charge in [0.2, 0.25) is 5.91 Å². The first kappa shape index (κ1) is 24.3. The molecule has 1 atom stereocenters. The quantitative estimate of drug-likeness (QED) is 0.233. The smallest absolute Gasteiger partial charge is 0.349 e. The third-order valence-corrected chi connectivity index (χ3v) is 5.91. The Bertz CT molecular complexity index is 1340. The van der Waals surface area contributed by atoms with Crippen LogP contribution in [-0.2, 0) is 9.59 Å². The number of halogens is 1. The summed E-state index contributed by atoms with van der Waals surface area (Å²) in [5.41, 5.74) is 1.36. The highest BCUT2D eigenvalue weighted by molar-refractivity contribution is 6.31. The van der Waals surface area contributed by atoms with Crippen molar-refractivity contribution in [2.24, 2.45) is 5.92 Å². The SMILES string of the molecule is CC(C)C(=O)N[C@@H](c1ccccc1Cl)c1c(OC(=O)COc2ccccc2)ccc2ccccc12. The molecule has 0 bridgehead atoms. The number of hydrogen-bond acceptors (Lipinski definition) is 4. The molecule has 0 radical (unpaired) electrons. The minimum absolute atomic E-state index is 0.146. The Labute approximate surface area is 209 Å². The van der Waals surface area contributed by atoms with Crippen LogP contribution in [0.2, 0.25) is 5.02 Å². The van der Waals surface area contributed by atoms with Crippen LogP contribution in [0.5, 0.6) is 11.5 Å². The van der Waals surface area contributed by atoms with Crippen LogP contribution in [0.4, 0.5) is 0 Å². The Kier molecular flexibility index (Phi) is 7.68. The summed E-state index contributed by atoms with van der Waals surface area (Å²) in [5, 5.41) is 5.39. The van der Waals surface area contributed by atoms with Gasteiger partial charge < -0.3 is 14.8 Å². The van der Waals surface area contributed by atoms with Crippen molar-refractivity contribution in [3.05, 3.63) is 107 Å². The van der Waals surface area contributed by atoms with E-state index in [1.54, 1.807) is 24.3 Å². The van der Waals surface area contributed by atoms with E-state index in [2.05, 4.69) is 5.32 Å². The second-order valence-electron chi connectivity index (χ2n) is 8.39. The minimum atomic E-state index is -0.637. The molecular weight excluding hydrogens is 462 g/mol. The van der Waals surface area contributed by atoms with Crippen molar-refractivity contribution in [2.75, 3.05) is 6.61 Å². The largest absolute Gasteiger partial charge is 0.482 e. The fraction of sp³-hybridized carbons (Fsp3) is 0.172. The Morgan fingerprint density at radius 3 is 2.29 bits per heavy atom. The van der Waals surface area contributed by atoms with Crippen LogP contribution in [0.3, 0.4) is 0 Å². The van der Waals surface area contributed by atoms with Gasteiger partial charge in [-0.2, -0.15) is 0 Å². The van der Waals surface area contributed by atoms with Gasteiger partial charge in [0.1, 0.15) is 11.5 Å². The van der Waals surface area contributed by atoms with Crippen molar-refractivity contribution in [3.63, 3.8) is 0 Å². The molecule has 4 rings (SSSR count). The Morgan fingerprint density at radius 2 is 1.54 bits per heavy atom. The maximum Gasteiger partial charge on any atom is 0.349 e. The van der Waals surface area contributed by atoms with E-state index in [1.165, 1.54) is 0 Å². The van der Waals surface area contributed by atoms with E-state index in [1.807, 2.05) is 80.6 Å². The van der Waals surface area contributed by atoms with Gasteiger partial charge in [-0.1, -0.05) is 92.2 Å². The number of rotatable bonds is 8. The molecule has 0 spiro atoms. The molecule has 4 aromatic rings. The molecule has 0 unspecified atom stereocenters. The van der Waals surface area contributed by atoms with Gasteiger partial charge >= 0.3 is 5.97 Å². The molecule has 0 aromatic heterocycles. The standard InChI is InChI=1S/C29H26ClNO4/c1-19(2)29(33)31-28(23-14-8-9-15-24(23)30)27-22-13-7-6-10-20(22)16-17-25(27)35-26(32)18-34-21-11-4-3-5-12-21/h3-17,19,28H,18H2,1-2H3,(H,31,33)/t28-/m0/s1. The van der Waals surface area contributed by atoms with Gasteiger partial charge in [0.15, 0.2) is 6.61 Å². The molecule has 5 nitrogen and oxygen atoms in total. The lowest BCUT2D eigenvalue weighted by atomic mass is 9.92. The zero-order valence-corrected chi connectivity index (χ0v) is 20.3. The van der Waals surface area contributed by atoms with Crippen molar-refractivity contribution >= 4 is 34.2 Å². The topological polar surface area (TPSA) is 64.6 Å². The van der Waals surface area contributed by atoms with Crippen LogP contribution in [0.1, 0.15) is 31.0 Å². The average molecular weight is 488 g/mol. The average Bonchev–Trinajstić information content (AvgIpc) is 2.87. The van der Waals surface area contributed by atoms with Gasteiger partial charge in [0.25, 0.3) is 0 Å². The zero-order chi connectivity index (χ0) is 24.8. The predicted molar refractivity (Wildman–Crippen MR) is 138 cm³/mol. The third-order valence-electron chi connectivity index (χ3n) is 5.57. The van der Waals surface area contributed by atoms with Crippen molar-refractivity contribution < 1.29 is 19.1 Å². The highest BCUT2D eigenvalue weighted by Crippen LogP contribution is 2.39. The molecule has 0 aliphatic carbocycles. The molecule has 4 aromatic carbocycles. The van der Waals surface area contributed by atoms with Gasteiger partial charge in [-0.05, 0) is 40.6 Å². The number of amides is 1. The molecular formula is C29H26ClNO4. The summed E-state index contributed by atoms with van der Waals surface area (Å²) in [6.07, 6.45) is 0. The van der Waals surface area contributed by atoms with Crippen LogP contribution >= 0.6 is 11.6 Å². The summed E-state index contributed by atoms with van der Waals surface area (Å²) >= 11 is 6.58. The minimum Gasteiger partial charge on any atom is -0.482 e. The number of benzene rings is 4. The summed E-state index contributed by atoms with van der Waals surface area (Å²) in [7, 11) is 0. The molecule has 0 aliphatic heterocycles. The molecule has 6 heteroatoms. The summed E-state index contributed by atoms with van der Waals surface area (Å²) in [4.78, 5) is 25.6. The second kappa shape index (κ2) is 11.1. The van der Waals surface area contributed by atoms with E-state index in [0.717, 1.165) is 10.8 Å². The lowest BCUT2D eigenvalue weighted by Gasteiger charge is -2.25. The number of ether oxygens (including phenoxy) is 2. The van der Waals surface area contributed by atoms with E-state index < -0.39 is 12.0 Å². The molecule has 0 fully saturated rings. The van der Waals surface area contributed by atoms with Crippen LogP contribution in [-0.4, -0.2) is 18.5 Å². The lowest BCUT2D eigenvalue weighted by molar-refractivity contribution is -0.136. The number of nitrogens with one attached hydrogen (secondary N) is 1. The fourth-order valence-corrected chi connectivity index (χ4v) is 4.04. The van der Waals surface area contributed by atoms with Crippen LogP contribution in [0, 0.1) is 5.92 Å². The predicted octanol–water partition coefficient (Wildman–Crippen LogP) is 6.34. The summed E-state index contributed by atoms with van der Waals surface area (Å²) in [6.45, 7) is 3.39. The van der Waals surface area contributed by atoms with E-state index >= 15 is 0 Å². The van der Waals surface area contributed by atoms with Crippen molar-refractivity contribution in [2.45, 2.75) is 19.9 Å². The summed E-state index contributed by atoms with van der Waals surface area (Å²) in [6, 6.07) is 27.1. The van der Waals surface area contributed by atoms with Gasteiger partial charge in [-0.3, -0.25) is 4.79 Å². The van der Waals surface area contributed by atoms with Crippen molar-refractivity contribution in [1.82, 2.24) is 5.32 Å². The number of hydrogen-bond donors (Lipinski definition) is 1. The first-order valence-electron chi connectivity index (χ1n) is 11.4. The highest BCUT2D eigenvalue weighted by atomic mass is 35.5. The van der Waals surface area contributed by atoms with E-state index in [9.17, 15) is 9.59 Å². The van der Waals surface area contributed by atoms with Crippen LogP contribution < -0.4 is 14.8 Å². The summed E-state index contributed by atoms with van der Waals surface area (Å²) in [5.74, 6) is -0.0491. The van der Waals surface area contributed by atoms with E-state index in [-0.39, 0.29) is 18.4 Å². The molecule has 0 saturated heterocycles. The Hall–Kier alpha value is -3.83. The molecule has 178 valence electrons. The second-order valence-corrected chi connectivity index (χ2v) is 8.80. The van der Waals surface area contributed by atoms with Crippen LogP contribution in [0.15, 0.2) is 91.0 Å². The molecule has 0 aliphatic rings. The number of carbonyl (C=O) groups excluding carboxylic acids is 2. The van der Waals surface area contributed by atoms with E-state index in [4.69, 9.17) is 21.1 Å². The number of esters is 1. The Morgan fingerprint density at radius 1 is 0.857 bits per heavy atom. The van der Waals surface area contributed by atoms with Crippen LogP contribution in [0.25, 0.3) is 10.8 Å². The number of fused-ring (bicyclic) bond motifs is 1. The highest BCUT2D eigenvalue weighted by Gasteiger charge is 2.27. The maximum absolute atomic E-state index is 12.9. The Balaban J connectivity index is 1.76. The van der Waals surface area contributed by atoms with E-state index in [0.29, 0.717) is 27.6 Å². The fourth-order valence-electron chi connectivity index (χ4n) is 3.80. The van der Waals surface area contributed by atoms with Gasteiger partial charge in [0.05, 0.1) is 6.04 Å². The van der Waals surface area contributed by atoms with Crippen molar-refractivity contribution in [3.8, 4) is 11.5 Å². The van der Waals surface area contributed by atoms with Gasteiger partial charge in [-0.25, -0.2) is 4.79 Å². The molecule has 0 heterocycles. The van der Waals surface area contributed by atoms with Gasteiger partial charge in [0, 0.05) is 16.5 Å². The molecule has 0 saturated carbocycles. The first-order valence-corrected chi connectivity index (χ1v) is 11.8. The number of carbonyl (C=O) groups is 2. The third kappa shape index (κ3) is 5.81. The molecule has 1 N–H and O–H groups in total. The lowest BCUT2D eigenvalue weighted by Crippen LogP contribution is -2.33. The summed E-state index contributed by atoms with van der Waals surface area (Å²) < 4.78 is 11.4.